The van der Waals surface area contributed by atoms with Crippen LogP contribution in [0.25, 0.3) is 22.3 Å². The van der Waals surface area contributed by atoms with Crippen LogP contribution in [-0.4, -0.2) is 37.4 Å². The molecule has 0 unspecified atom stereocenters. The van der Waals surface area contributed by atoms with E-state index in [2.05, 4.69) is 141 Å². The molecule has 0 aliphatic heterocycles. The van der Waals surface area contributed by atoms with Gasteiger partial charge in [-0.25, -0.2) is 9.13 Å². The van der Waals surface area contributed by atoms with Gasteiger partial charge in [0.2, 0.25) is 0 Å². The van der Waals surface area contributed by atoms with E-state index in [9.17, 15) is 0 Å². The molecule has 0 N–H and O–H groups in total. The number of unbranched alkanes of at least 4 members (excludes halogenated alkanes) is 4. The zero-order chi connectivity index (χ0) is 56.6. The van der Waals surface area contributed by atoms with Gasteiger partial charge in [-0.3, -0.25) is 9.97 Å². The molecule has 4 atom stereocenters. The number of ether oxygens (including phenoxy) is 4. The van der Waals surface area contributed by atoms with Gasteiger partial charge in [-0.05, 0) is 240 Å². The highest BCUT2D eigenvalue weighted by molar-refractivity contribution is 5.63. The molecule has 5 aliphatic carbocycles. The summed E-state index contributed by atoms with van der Waals surface area (Å²) in [6, 6.07) is 37.6. The van der Waals surface area contributed by atoms with Crippen LogP contribution in [-0.2, 0) is 51.6 Å². The van der Waals surface area contributed by atoms with Crippen molar-refractivity contribution in [1.82, 2.24) is 9.97 Å². The number of aryl methyl sites for hydroxylation is 6. The Morgan fingerprint density at radius 2 is 0.690 bits per heavy atom. The first-order valence-corrected chi connectivity index (χ1v) is 32.3. The van der Waals surface area contributed by atoms with Crippen molar-refractivity contribution in [1.29, 1.82) is 0 Å². The first kappa shape index (κ1) is 55.8. The SMILES string of the molecule is COc1c2cc3cc1[C@H]1CC[C@H]1c1cc(cc(c1OCCCCC[n+]1ccc(-c4ccncc4)cc1)Cc1cc4cc(c1OC)[C@H]1CC[C@H]1c1cc(cc(c1OCCCCC[n+]1ccc(-c5ccncc5)cc1)C2)CCCCC4)CCCCC3. The zero-order valence-corrected chi connectivity index (χ0v) is 50.0. The van der Waals surface area contributed by atoms with Crippen molar-refractivity contribution in [3.8, 4) is 45.3 Å². The molecule has 13 rings (SSSR count). The predicted octanol–water partition coefficient (Wildman–Crippen LogP) is 16.3. The molecular formula is C76H86N4O4+2. The monoisotopic (exact) mass is 1120 g/mol. The molecule has 4 aromatic heterocycles. The maximum atomic E-state index is 7.37. The van der Waals surface area contributed by atoms with Crippen molar-refractivity contribution in [2.45, 2.75) is 178 Å². The molecule has 0 amide bonds. The number of rotatable bonds is 18. The van der Waals surface area contributed by atoms with Crippen LogP contribution in [0.1, 0.15) is 193 Å². The third-order valence-corrected chi connectivity index (χ3v) is 19.6. The molecule has 5 aliphatic rings. The van der Waals surface area contributed by atoms with Crippen molar-refractivity contribution in [3.05, 3.63) is 213 Å². The summed E-state index contributed by atoms with van der Waals surface area (Å²) in [6.07, 6.45) is 40.3. The van der Waals surface area contributed by atoms with Gasteiger partial charge in [0.15, 0.2) is 24.8 Å². The van der Waals surface area contributed by atoms with Gasteiger partial charge < -0.3 is 18.9 Å². The number of hydrogen-bond donors (Lipinski definition) is 0. The number of benzene rings is 4. The summed E-state index contributed by atoms with van der Waals surface area (Å²) in [7, 11) is 3.87. The molecule has 2 saturated carbocycles. The lowest BCUT2D eigenvalue weighted by Crippen LogP contribution is -2.32. The Bertz CT molecular complexity index is 3290. The minimum Gasteiger partial charge on any atom is -0.496 e. The van der Waals surface area contributed by atoms with Crippen molar-refractivity contribution in [2.24, 2.45) is 0 Å². The summed E-state index contributed by atoms with van der Waals surface area (Å²) in [5.41, 5.74) is 21.5. The molecule has 4 heterocycles. The summed E-state index contributed by atoms with van der Waals surface area (Å²) < 4.78 is 32.9. The Morgan fingerprint density at radius 1 is 0.369 bits per heavy atom. The van der Waals surface area contributed by atoms with Gasteiger partial charge in [-0.2, -0.15) is 0 Å². The summed E-state index contributed by atoms with van der Waals surface area (Å²) in [4.78, 5) is 8.41. The van der Waals surface area contributed by atoms with E-state index in [4.69, 9.17) is 18.9 Å². The van der Waals surface area contributed by atoms with E-state index in [1.165, 1.54) is 128 Å². The Balaban J connectivity index is 0.842. The molecule has 432 valence electrons. The number of aromatic nitrogens is 4. The second kappa shape index (κ2) is 26.3. The highest BCUT2D eigenvalue weighted by atomic mass is 16.5. The summed E-state index contributed by atoms with van der Waals surface area (Å²) in [5, 5.41) is 0. The minimum atomic E-state index is 0.328. The highest BCUT2D eigenvalue weighted by Gasteiger charge is 2.41. The lowest BCUT2D eigenvalue weighted by molar-refractivity contribution is -0.697. The van der Waals surface area contributed by atoms with Crippen molar-refractivity contribution >= 4 is 0 Å². The van der Waals surface area contributed by atoms with Crippen molar-refractivity contribution in [3.63, 3.8) is 0 Å². The molecule has 8 nitrogen and oxygen atoms in total. The highest BCUT2D eigenvalue weighted by Crippen LogP contribution is 2.58. The lowest BCUT2D eigenvalue weighted by atomic mass is 9.64. The normalized spacial score (nSPS) is 18.8. The molecule has 4 aromatic carbocycles. The van der Waals surface area contributed by atoms with Crippen LogP contribution in [0, 0.1) is 0 Å². The molecule has 0 radical (unpaired) electrons. The van der Waals surface area contributed by atoms with Gasteiger partial charge in [0, 0.05) is 74.7 Å². The average Bonchev–Trinajstić information content (AvgIpc) is 2.05. The molecule has 0 saturated heterocycles. The Labute approximate surface area is 499 Å². The second-order valence-corrected chi connectivity index (χ2v) is 25.1. The fourth-order valence-corrected chi connectivity index (χ4v) is 14.9. The first-order valence-electron chi connectivity index (χ1n) is 32.3. The van der Waals surface area contributed by atoms with Gasteiger partial charge in [0.05, 0.1) is 27.4 Å². The Hall–Kier alpha value is -7.32. The third-order valence-electron chi connectivity index (χ3n) is 19.6. The van der Waals surface area contributed by atoms with Crippen LogP contribution >= 0.6 is 0 Å². The van der Waals surface area contributed by atoms with E-state index in [0.717, 1.165) is 139 Å². The second-order valence-electron chi connectivity index (χ2n) is 25.1. The zero-order valence-electron chi connectivity index (χ0n) is 50.0. The van der Waals surface area contributed by atoms with Crippen LogP contribution < -0.4 is 28.1 Å². The number of nitrogens with zero attached hydrogens (tertiary/aromatic N) is 4. The quantitative estimate of drug-likeness (QED) is 0.0630. The summed E-state index contributed by atoms with van der Waals surface area (Å²) in [5.74, 6) is 5.73. The van der Waals surface area contributed by atoms with E-state index < -0.39 is 0 Å². The molecule has 12 bridgehead atoms. The topological polar surface area (TPSA) is 70.5 Å². The fourth-order valence-electron chi connectivity index (χ4n) is 14.9. The minimum absolute atomic E-state index is 0.328. The van der Waals surface area contributed by atoms with Crippen molar-refractivity contribution < 1.29 is 28.1 Å². The number of fused-ring (bicyclic) bond motifs is 8. The van der Waals surface area contributed by atoms with Gasteiger partial charge in [0.25, 0.3) is 0 Å². The fraction of sp³-hybridized carbons (Fsp3) is 0.421. The number of pyridine rings is 4. The smallest absolute Gasteiger partial charge is 0.169 e. The van der Waals surface area contributed by atoms with Gasteiger partial charge in [0.1, 0.15) is 36.1 Å². The van der Waals surface area contributed by atoms with Gasteiger partial charge >= 0.3 is 0 Å². The Kier molecular flexibility index (Phi) is 17.5. The molecule has 0 spiro atoms. The van der Waals surface area contributed by atoms with Crippen molar-refractivity contribution in [2.75, 3.05) is 27.4 Å². The maximum absolute atomic E-state index is 7.37. The average molecular weight is 1120 g/mol. The third kappa shape index (κ3) is 12.4. The predicted molar refractivity (Wildman–Crippen MR) is 335 cm³/mol. The first-order chi connectivity index (χ1) is 41.5. The van der Waals surface area contributed by atoms with Crippen LogP contribution in [0.3, 0.4) is 0 Å². The lowest BCUT2D eigenvalue weighted by Gasteiger charge is -2.41. The van der Waals surface area contributed by atoms with Crippen LogP contribution in [0.4, 0.5) is 0 Å². The largest absolute Gasteiger partial charge is 0.496 e. The van der Waals surface area contributed by atoms with E-state index in [1.54, 1.807) is 0 Å². The molecule has 2 fully saturated rings. The molecule has 8 aromatic rings. The van der Waals surface area contributed by atoms with Crippen LogP contribution in [0.5, 0.6) is 23.0 Å². The van der Waals surface area contributed by atoms with E-state index >= 15 is 0 Å². The summed E-state index contributed by atoms with van der Waals surface area (Å²) >= 11 is 0. The summed E-state index contributed by atoms with van der Waals surface area (Å²) in [6.45, 7) is 3.37. The van der Waals surface area contributed by atoms with Gasteiger partial charge in [-0.1, -0.05) is 61.4 Å². The Morgan fingerprint density at radius 3 is 1.02 bits per heavy atom. The van der Waals surface area contributed by atoms with E-state index in [0.29, 0.717) is 36.9 Å². The van der Waals surface area contributed by atoms with Crippen LogP contribution in [0.2, 0.25) is 0 Å². The molecular weight excluding hydrogens is 1030 g/mol. The van der Waals surface area contributed by atoms with E-state index in [1.807, 2.05) is 39.0 Å². The van der Waals surface area contributed by atoms with E-state index in [-0.39, 0.29) is 0 Å². The number of methoxy groups -OCH3 is 2. The standard InChI is InChI=1S/C76H86N4O4/c1-81-73-61-43-53-15-7-3-9-18-56-46-64(76(71(49-56)67-21-19-65(67)69(73)47-53)84-42-14-6-12-36-80-39-29-60(30-40-80)58-25-33-78-34-26-58)52-62-44-54-16-8-4-10-17-55-45-63(51-61)75(72(50-55)68-22-20-66(68)70(48-54)74(62)82-2)83-41-13-5-11-35-79-37-27-59(28-38-79)57-23-31-77-32-24-57/h23-34,37-40,43-50,65-68H,3-22,35-36,41-42,51-52H2,1-2H3/q+2/t65-,66-,67+,68+/m0/s1. The molecule has 84 heavy (non-hydrogen) atoms. The van der Waals surface area contributed by atoms with Gasteiger partial charge in [-0.15, -0.1) is 0 Å². The number of hydrogen-bond acceptors (Lipinski definition) is 6. The molecule has 8 heteroatoms. The maximum Gasteiger partial charge on any atom is 0.169 e. The van der Waals surface area contributed by atoms with Crippen LogP contribution in [0.15, 0.2) is 147 Å².